The Labute approximate surface area is 436 Å². The second-order valence-electron chi connectivity index (χ2n) is 18.5. The molecule has 0 saturated carbocycles. The Hall–Kier alpha value is -4.45. The number of hydrogen-bond donors (Lipinski definition) is 0. The van der Waals surface area contributed by atoms with Crippen LogP contribution in [-0.2, 0) is 28.6 Å². The summed E-state index contributed by atoms with van der Waals surface area (Å²) in [5.41, 5.74) is 0. The summed E-state index contributed by atoms with van der Waals surface area (Å²) in [6.45, 7) is 6.37. The molecule has 6 nitrogen and oxygen atoms in total. The zero-order valence-electron chi connectivity index (χ0n) is 45.7. The van der Waals surface area contributed by atoms with Crippen molar-refractivity contribution in [3.63, 3.8) is 0 Å². The number of esters is 3. The first-order valence-corrected chi connectivity index (χ1v) is 28.7. The first-order chi connectivity index (χ1) is 35.0. The molecule has 0 aromatic rings. The summed E-state index contributed by atoms with van der Waals surface area (Å²) in [5.74, 6) is -1.05. The molecule has 0 bridgehead atoms. The highest BCUT2D eigenvalue weighted by atomic mass is 16.6. The van der Waals surface area contributed by atoms with Gasteiger partial charge in [0.1, 0.15) is 13.2 Å². The summed E-state index contributed by atoms with van der Waals surface area (Å²) in [5, 5.41) is 0. The molecule has 0 unspecified atom stereocenters. The Morgan fingerprint density at radius 1 is 0.296 bits per heavy atom. The zero-order valence-corrected chi connectivity index (χ0v) is 45.7. The summed E-state index contributed by atoms with van der Waals surface area (Å²) in [4.78, 5) is 38.1. The van der Waals surface area contributed by atoms with Crippen molar-refractivity contribution in [1.29, 1.82) is 0 Å². The number of carbonyl (C=O) groups is 3. The van der Waals surface area contributed by atoms with Crippen LogP contribution in [-0.4, -0.2) is 37.2 Å². The molecule has 0 fully saturated rings. The molecule has 0 saturated heterocycles. The molecule has 0 aromatic carbocycles. The third-order valence-corrected chi connectivity index (χ3v) is 11.6. The maximum atomic E-state index is 12.8. The topological polar surface area (TPSA) is 78.9 Å². The van der Waals surface area contributed by atoms with Crippen molar-refractivity contribution in [2.24, 2.45) is 0 Å². The third-order valence-electron chi connectivity index (χ3n) is 11.6. The maximum absolute atomic E-state index is 12.8. The van der Waals surface area contributed by atoms with Crippen LogP contribution in [0.3, 0.4) is 0 Å². The van der Waals surface area contributed by atoms with Gasteiger partial charge in [0.2, 0.25) is 0 Å². The van der Waals surface area contributed by atoms with Crippen molar-refractivity contribution in [1.82, 2.24) is 0 Å². The van der Waals surface area contributed by atoms with Crippen LogP contribution in [0.1, 0.15) is 239 Å². The van der Waals surface area contributed by atoms with Gasteiger partial charge in [-0.15, -0.1) is 0 Å². The maximum Gasteiger partial charge on any atom is 0.306 e. The SMILES string of the molecule is CC/C=C\C/C=C\C/C=C\C/C=C\C/C=C\CCCC(=O)O[C@H](COC(=O)CCC/C=C\C/C=C\C/C=C\C/C=C\CCCCC)COC(=O)CCCCCCCCCCC/C=C\C/C=C\CCCCC. The fourth-order valence-corrected chi connectivity index (χ4v) is 7.32. The summed E-state index contributed by atoms with van der Waals surface area (Å²) >= 11 is 0. The molecule has 0 N–H and O–H groups in total. The first kappa shape index (κ1) is 66.6. The Morgan fingerprint density at radius 3 is 0.915 bits per heavy atom. The van der Waals surface area contributed by atoms with E-state index in [1.165, 1.54) is 96.3 Å². The van der Waals surface area contributed by atoms with E-state index in [1.54, 1.807) is 0 Å². The number of unbranched alkanes of at least 4 members (excludes halogenated alkanes) is 17. The molecule has 0 heterocycles. The van der Waals surface area contributed by atoms with E-state index < -0.39 is 6.10 Å². The molecule has 400 valence electrons. The summed E-state index contributed by atoms with van der Waals surface area (Å²) in [6.07, 6.45) is 81.6. The molecule has 6 heteroatoms. The number of carbonyl (C=O) groups excluding carboxylic acids is 3. The third kappa shape index (κ3) is 56.3. The smallest absolute Gasteiger partial charge is 0.306 e. The number of allylic oxidation sites excluding steroid dienone is 22. The van der Waals surface area contributed by atoms with Gasteiger partial charge in [-0.1, -0.05) is 225 Å². The normalized spacial score (nSPS) is 13.1. The lowest BCUT2D eigenvalue weighted by molar-refractivity contribution is -0.167. The Morgan fingerprint density at radius 2 is 0.563 bits per heavy atom. The van der Waals surface area contributed by atoms with Gasteiger partial charge in [-0.3, -0.25) is 14.4 Å². The lowest BCUT2D eigenvalue weighted by atomic mass is 10.1. The van der Waals surface area contributed by atoms with Gasteiger partial charge in [-0.25, -0.2) is 0 Å². The van der Waals surface area contributed by atoms with Crippen molar-refractivity contribution < 1.29 is 28.6 Å². The van der Waals surface area contributed by atoms with Crippen molar-refractivity contribution in [2.45, 2.75) is 245 Å². The molecular weight excluding hydrogens is 877 g/mol. The number of ether oxygens (including phenoxy) is 3. The van der Waals surface area contributed by atoms with Crippen LogP contribution >= 0.6 is 0 Å². The largest absolute Gasteiger partial charge is 0.462 e. The highest BCUT2D eigenvalue weighted by molar-refractivity contribution is 5.71. The Balaban J connectivity index is 4.57. The van der Waals surface area contributed by atoms with E-state index in [9.17, 15) is 14.4 Å². The van der Waals surface area contributed by atoms with E-state index in [0.29, 0.717) is 19.3 Å². The lowest BCUT2D eigenvalue weighted by Crippen LogP contribution is -2.30. The van der Waals surface area contributed by atoms with Crippen LogP contribution in [0.2, 0.25) is 0 Å². The summed E-state index contributed by atoms with van der Waals surface area (Å²) in [6, 6.07) is 0. The molecule has 0 aromatic heterocycles. The van der Waals surface area contributed by atoms with Crippen LogP contribution in [0.25, 0.3) is 0 Å². The van der Waals surface area contributed by atoms with Crippen molar-refractivity contribution in [2.75, 3.05) is 13.2 Å². The van der Waals surface area contributed by atoms with E-state index in [0.717, 1.165) is 89.9 Å². The summed E-state index contributed by atoms with van der Waals surface area (Å²) < 4.78 is 16.8. The predicted molar refractivity (Wildman–Crippen MR) is 306 cm³/mol. The van der Waals surface area contributed by atoms with Crippen molar-refractivity contribution in [3.8, 4) is 0 Å². The van der Waals surface area contributed by atoms with E-state index in [2.05, 4.69) is 154 Å². The van der Waals surface area contributed by atoms with Crippen LogP contribution in [0.4, 0.5) is 0 Å². The van der Waals surface area contributed by atoms with E-state index in [4.69, 9.17) is 14.2 Å². The van der Waals surface area contributed by atoms with Crippen LogP contribution in [0, 0.1) is 0 Å². The molecular formula is C65H104O6. The molecule has 0 rings (SSSR count). The van der Waals surface area contributed by atoms with Crippen LogP contribution < -0.4 is 0 Å². The zero-order chi connectivity index (χ0) is 51.4. The molecule has 0 aliphatic carbocycles. The van der Waals surface area contributed by atoms with Gasteiger partial charge in [0, 0.05) is 19.3 Å². The quantitative estimate of drug-likeness (QED) is 0.0262. The van der Waals surface area contributed by atoms with Gasteiger partial charge >= 0.3 is 17.9 Å². The molecule has 71 heavy (non-hydrogen) atoms. The number of hydrogen-bond acceptors (Lipinski definition) is 6. The Kier molecular flexibility index (Phi) is 54.5. The molecule has 0 spiro atoms. The molecule has 0 aliphatic heterocycles. The fraction of sp³-hybridized carbons (Fsp3) is 0.615. The second kappa shape index (κ2) is 58.1. The minimum Gasteiger partial charge on any atom is -0.462 e. The summed E-state index contributed by atoms with van der Waals surface area (Å²) in [7, 11) is 0. The fourth-order valence-electron chi connectivity index (χ4n) is 7.32. The van der Waals surface area contributed by atoms with Crippen molar-refractivity contribution >= 4 is 17.9 Å². The van der Waals surface area contributed by atoms with Crippen LogP contribution in [0.5, 0.6) is 0 Å². The first-order valence-electron chi connectivity index (χ1n) is 28.7. The molecule has 1 atom stereocenters. The molecule has 0 radical (unpaired) electrons. The average molecular weight is 982 g/mol. The van der Waals surface area contributed by atoms with Gasteiger partial charge in [0.15, 0.2) is 6.10 Å². The van der Waals surface area contributed by atoms with Crippen molar-refractivity contribution in [3.05, 3.63) is 134 Å². The predicted octanol–water partition coefficient (Wildman–Crippen LogP) is 19.4. The van der Waals surface area contributed by atoms with Crippen LogP contribution in [0.15, 0.2) is 134 Å². The molecule has 0 aliphatic rings. The van der Waals surface area contributed by atoms with E-state index in [-0.39, 0.29) is 44.0 Å². The van der Waals surface area contributed by atoms with Gasteiger partial charge in [-0.2, -0.15) is 0 Å². The number of rotatable bonds is 50. The Bertz CT molecular complexity index is 1550. The molecule has 0 amide bonds. The standard InChI is InChI=1S/C65H104O6/c1-4-7-10-13-16-19-22-25-28-31-32-35-37-40-43-46-49-52-55-58-64(67)70-61-62(71-65(68)59-56-53-50-47-44-41-38-34-30-27-24-21-18-15-12-9-6-3)60-69-63(66)57-54-51-48-45-42-39-36-33-29-26-23-20-17-14-11-8-5-2/h9,12,16-21,25-30,36,38-39,41,45,47-48,50,62H,4-8,10-11,13-15,22-24,31-35,37,40,42-44,46,49,51-61H2,1-3H3/b12-9-,19-16-,20-17-,21-18-,28-25-,29-26-,30-27-,39-36-,41-38-,48-45-,50-47-/t62-/m1/s1. The highest BCUT2D eigenvalue weighted by Crippen LogP contribution is 2.13. The average Bonchev–Trinajstić information content (AvgIpc) is 3.37. The second-order valence-corrected chi connectivity index (χ2v) is 18.5. The van der Waals surface area contributed by atoms with Gasteiger partial charge < -0.3 is 14.2 Å². The monoisotopic (exact) mass is 981 g/mol. The van der Waals surface area contributed by atoms with Gasteiger partial charge in [0.05, 0.1) is 0 Å². The van der Waals surface area contributed by atoms with Gasteiger partial charge in [-0.05, 0) is 128 Å². The van der Waals surface area contributed by atoms with Gasteiger partial charge in [0.25, 0.3) is 0 Å². The lowest BCUT2D eigenvalue weighted by Gasteiger charge is -2.18. The van der Waals surface area contributed by atoms with E-state index in [1.807, 2.05) is 0 Å². The highest BCUT2D eigenvalue weighted by Gasteiger charge is 2.19. The minimum atomic E-state index is -0.837. The minimum absolute atomic E-state index is 0.124. The van der Waals surface area contributed by atoms with E-state index >= 15 is 0 Å².